The summed E-state index contributed by atoms with van der Waals surface area (Å²) in [5.74, 6) is 0.952. The molecule has 0 saturated carbocycles. The largest absolute Gasteiger partial charge is 0.380 e. The molecule has 0 aliphatic rings. The third-order valence-corrected chi connectivity index (χ3v) is 3.87. The monoisotopic (exact) mass is 383 g/mol. The van der Waals surface area contributed by atoms with Gasteiger partial charge in [-0.15, -0.1) is 0 Å². The number of aromatic nitrogens is 2. The van der Waals surface area contributed by atoms with Crippen LogP contribution in [0.2, 0.25) is 10.0 Å². The van der Waals surface area contributed by atoms with E-state index in [-0.39, 0.29) is 5.91 Å². The zero-order valence-electron chi connectivity index (χ0n) is 13.9. The second kappa shape index (κ2) is 9.41. The van der Waals surface area contributed by atoms with Crippen molar-refractivity contribution >= 4 is 46.6 Å². The average molecular weight is 384 g/mol. The second-order valence-corrected chi connectivity index (χ2v) is 5.98. The fourth-order valence-electron chi connectivity index (χ4n) is 2.00. The van der Waals surface area contributed by atoms with Crippen molar-refractivity contribution in [2.45, 2.75) is 13.5 Å². The van der Waals surface area contributed by atoms with Crippen molar-refractivity contribution in [1.29, 1.82) is 0 Å². The van der Waals surface area contributed by atoms with E-state index in [4.69, 9.17) is 27.9 Å². The van der Waals surface area contributed by atoms with Crippen molar-refractivity contribution in [1.82, 2.24) is 15.3 Å². The lowest BCUT2D eigenvalue weighted by Gasteiger charge is -2.13. The lowest BCUT2D eigenvalue weighted by Crippen LogP contribution is -2.26. The van der Waals surface area contributed by atoms with Crippen LogP contribution in [-0.2, 0) is 16.1 Å². The Hall–Kier alpha value is -2.09. The molecule has 0 fully saturated rings. The second-order valence-electron chi connectivity index (χ2n) is 5.16. The normalized spacial score (nSPS) is 10.4. The summed E-state index contributed by atoms with van der Waals surface area (Å²) in [6.07, 6.45) is 1.68. The van der Waals surface area contributed by atoms with E-state index in [2.05, 4.69) is 25.9 Å². The third-order valence-electron chi connectivity index (χ3n) is 3.13. The molecule has 25 heavy (non-hydrogen) atoms. The standard InChI is InChI=1S/C16H19Cl2N5O2/c1-10(24)19-5-6-20-15-11(9-25-2)8-21-16(23-15)22-12-3-4-13(17)14(18)7-12/h3-4,7-8H,5-6,9H2,1-2H3,(H,19,24)(H2,20,21,22,23). The summed E-state index contributed by atoms with van der Waals surface area (Å²) in [7, 11) is 1.60. The van der Waals surface area contributed by atoms with E-state index >= 15 is 0 Å². The van der Waals surface area contributed by atoms with E-state index < -0.39 is 0 Å². The zero-order valence-corrected chi connectivity index (χ0v) is 15.4. The summed E-state index contributed by atoms with van der Waals surface area (Å²) >= 11 is 11.9. The van der Waals surface area contributed by atoms with Gasteiger partial charge in [-0.25, -0.2) is 4.98 Å². The molecule has 3 N–H and O–H groups in total. The number of hydrogen-bond donors (Lipinski definition) is 3. The number of anilines is 3. The van der Waals surface area contributed by atoms with Crippen molar-refractivity contribution in [2.75, 3.05) is 30.8 Å². The molecule has 0 unspecified atom stereocenters. The summed E-state index contributed by atoms with van der Waals surface area (Å²) in [6.45, 7) is 2.86. The van der Waals surface area contributed by atoms with Crippen LogP contribution >= 0.6 is 23.2 Å². The maximum absolute atomic E-state index is 10.9. The lowest BCUT2D eigenvalue weighted by molar-refractivity contribution is -0.118. The topological polar surface area (TPSA) is 88.2 Å². The molecule has 0 bridgehead atoms. The highest BCUT2D eigenvalue weighted by Crippen LogP contribution is 2.26. The van der Waals surface area contributed by atoms with Crippen LogP contribution in [0.4, 0.5) is 17.5 Å². The van der Waals surface area contributed by atoms with Crippen LogP contribution in [-0.4, -0.2) is 36.1 Å². The Morgan fingerprint density at radius 2 is 2.04 bits per heavy atom. The first-order chi connectivity index (χ1) is 12.0. The SMILES string of the molecule is COCc1cnc(Nc2ccc(Cl)c(Cl)c2)nc1NCCNC(C)=O. The van der Waals surface area contributed by atoms with Gasteiger partial charge >= 0.3 is 0 Å². The zero-order chi connectivity index (χ0) is 18.2. The highest BCUT2D eigenvalue weighted by atomic mass is 35.5. The van der Waals surface area contributed by atoms with Crippen molar-refractivity contribution in [2.24, 2.45) is 0 Å². The van der Waals surface area contributed by atoms with E-state index in [0.717, 1.165) is 11.3 Å². The van der Waals surface area contributed by atoms with Gasteiger partial charge in [0.15, 0.2) is 0 Å². The van der Waals surface area contributed by atoms with E-state index in [1.165, 1.54) is 6.92 Å². The van der Waals surface area contributed by atoms with Gasteiger partial charge < -0.3 is 20.7 Å². The molecule has 0 spiro atoms. The fraction of sp³-hybridized carbons (Fsp3) is 0.312. The van der Waals surface area contributed by atoms with Crippen LogP contribution in [0, 0.1) is 0 Å². The van der Waals surface area contributed by atoms with Crippen LogP contribution in [0.25, 0.3) is 0 Å². The number of carbonyl (C=O) groups is 1. The average Bonchev–Trinajstić information content (AvgIpc) is 2.57. The fourth-order valence-corrected chi connectivity index (χ4v) is 2.30. The number of hydrogen-bond acceptors (Lipinski definition) is 6. The van der Waals surface area contributed by atoms with Gasteiger partial charge in [0.2, 0.25) is 11.9 Å². The minimum Gasteiger partial charge on any atom is -0.380 e. The highest BCUT2D eigenvalue weighted by molar-refractivity contribution is 6.42. The number of methoxy groups -OCH3 is 1. The summed E-state index contributed by atoms with van der Waals surface area (Å²) in [6, 6.07) is 5.17. The van der Waals surface area contributed by atoms with E-state index in [1.54, 1.807) is 31.5 Å². The van der Waals surface area contributed by atoms with Crippen molar-refractivity contribution in [3.05, 3.63) is 40.0 Å². The third kappa shape index (κ3) is 6.04. The molecule has 1 amide bonds. The van der Waals surface area contributed by atoms with E-state index in [9.17, 15) is 4.79 Å². The number of ether oxygens (including phenoxy) is 1. The first-order valence-corrected chi connectivity index (χ1v) is 8.30. The van der Waals surface area contributed by atoms with Gasteiger partial charge in [0.05, 0.1) is 16.7 Å². The minimum atomic E-state index is -0.0800. The number of benzene rings is 1. The molecule has 2 rings (SSSR count). The Labute approximate surface area is 156 Å². The molecular weight excluding hydrogens is 365 g/mol. The van der Waals surface area contributed by atoms with Crippen molar-refractivity contribution < 1.29 is 9.53 Å². The van der Waals surface area contributed by atoms with Gasteiger partial charge in [-0.2, -0.15) is 4.98 Å². The van der Waals surface area contributed by atoms with Gasteiger partial charge in [-0.1, -0.05) is 23.2 Å². The van der Waals surface area contributed by atoms with E-state index in [1.807, 2.05) is 0 Å². The number of halogens is 2. The molecule has 1 heterocycles. The van der Waals surface area contributed by atoms with Crippen LogP contribution in [0.1, 0.15) is 12.5 Å². The molecule has 0 aliphatic heterocycles. The van der Waals surface area contributed by atoms with Gasteiger partial charge in [0.1, 0.15) is 5.82 Å². The Morgan fingerprint density at radius 3 is 2.72 bits per heavy atom. The summed E-state index contributed by atoms with van der Waals surface area (Å²) < 4.78 is 5.16. The Morgan fingerprint density at radius 1 is 1.24 bits per heavy atom. The maximum atomic E-state index is 10.9. The molecule has 0 aliphatic carbocycles. The van der Waals surface area contributed by atoms with Gasteiger partial charge in [-0.05, 0) is 18.2 Å². The van der Waals surface area contributed by atoms with Gasteiger partial charge in [0, 0.05) is 44.6 Å². The number of amides is 1. The first-order valence-electron chi connectivity index (χ1n) is 7.55. The Bertz CT molecular complexity index is 742. The number of nitrogens with one attached hydrogen (secondary N) is 3. The van der Waals surface area contributed by atoms with Gasteiger partial charge in [-0.3, -0.25) is 4.79 Å². The van der Waals surface area contributed by atoms with Crippen LogP contribution in [0.5, 0.6) is 0 Å². The van der Waals surface area contributed by atoms with Crippen LogP contribution in [0.15, 0.2) is 24.4 Å². The molecule has 134 valence electrons. The molecule has 0 saturated heterocycles. The number of rotatable bonds is 8. The predicted molar refractivity (Wildman–Crippen MR) is 99.7 cm³/mol. The Kier molecular flexibility index (Phi) is 7.24. The first kappa shape index (κ1) is 19.2. The summed E-state index contributed by atoms with van der Waals surface area (Å²) in [5.41, 5.74) is 1.53. The molecule has 0 atom stereocenters. The molecule has 0 radical (unpaired) electrons. The molecule has 7 nitrogen and oxygen atoms in total. The summed E-state index contributed by atoms with van der Waals surface area (Å²) in [5, 5.41) is 9.87. The smallest absolute Gasteiger partial charge is 0.229 e. The minimum absolute atomic E-state index is 0.0800. The van der Waals surface area contributed by atoms with Crippen LogP contribution < -0.4 is 16.0 Å². The molecule has 9 heteroatoms. The summed E-state index contributed by atoms with van der Waals surface area (Å²) in [4.78, 5) is 19.6. The molecule has 1 aromatic carbocycles. The van der Waals surface area contributed by atoms with Crippen molar-refractivity contribution in [3.63, 3.8) is 0 Å². The highest BCUT2D eigenvalue weighted by Gasteiger charge is 2.08. The van der Waals surface area contributed by atoms with Crippen molar-refractivity contribution in [3.8, 4) is 0 Å². The molecule has 1 aromatic heterocycles. The molecular formula is C16H19Cl2N5O2. The number of nitrogens with zero attached hydrogens (tertiary/aromatic N) is 2. The van der Waals surface area contributed by atoms with Crippen LogP contribution in [0.3, 0.4) is 0 Å². The maximum Gasteiger partial charge on any atom is 0.229 e. The Balaban J connectivity index is 2.11. The van der Waals surface area contributed by atoms with E-state index in [0.29, 0.717) is 41.5 Å². The predicted octanol–water partition coefficient (Wildman–Crippen LogP) is 3.22. The number of carbonyl (C=O) groups excluding carboxylic acids is 1. The molecule has 2 aromatic rings. The van der Waals surface area contributed by atoms with Gasteiger partial charge in [0.25, 0.3) is 0 Å². The quantitative estimate of drug-likeness (QED) is 0.606. The lowest BCUT2D eigenvalue weighted by atomic mass is 10.3.